The molecule has 2 aromatic carbocycles. The molecule has 0 fully saturated rings. The fraction of sp³-hybridized carbons (Fsp3) is 0.133. The Balaban J connectivity index is 2.54. The monoisotopic (exact) mass is 300 g/mol. The van der Waals surface area contributed by atoms with Gasteiger partial charge in [-0.2, -0.15) is 13.2 Å². The molecule has 2 aromatic rings. The standard InChI is InChI=1S/C15H9F5O/c1-8-7-9(16)5-6-10(8)14(21)11-3-2-4-12(13(11)17)15(18,19)20/h2-7H,1H3. The minimum atomic E-state index is -4.89. The van der Waals surface area contributed by atoms with Crippen molar-refractivity contribution >= 4 is 5.78 Å². The molecule has 0 aliphatic heterocycles. The number of carbonyl (C=O) groups is 1. The van der Waals surface area contributed by atoms with Gasteiger partial charge in [0.25, 0.3) is 0 Å². The van der Waals surface area contributed by atoms with Crippen LogP contribution in [0.25, 0.3) is 0 Å². The van der Waals surface area contributed by atoms with Crippen LogP contribution in [0.3, 0.4) is 0 Å². The van der Waals surface area contributed by atoms with Crippen molar-refractivity contribution in [1.82, 2.24) is 0 Å². The Labute approximate surface area is 117 Å². The smallest absolute Gasteiger partial charge is 0.288 e. The van der Waals surface area contributed by atoms with Gasteiger partial charge in [0, 0.05) is 5.56 Å². The molecule has 0 aromatic heterocycles. The van der Waals surface area contributed by atoms with Crippen LogP contribution in [0.2, 0.25) is 0 Å². The van der Waals surface area contributed by atoms with Crippen LogP contribution >= 0.6 is 0 Å². The molecule has 0 atom stereocenters. The molecule has 0 spiro atoms. The van der Waals surface area contributed by atoms with Crippen molar-refractivity contribution in [3.63, 3.8) is 0 Å². The van der Waals surface area contributed by atoms with Crippen LogP contribution in [0.15, 0.2) is 36.4 Å². The highest BCUT2D eigenvalue weighted by Crippen LogP contribution is 2.33. The first-order valence-corrected chi connectivity index (χ1v) is 5.88. The van der Waals surface area contributed by atoms with E-state index in [0.717, 1.165) is 30.3 Å². The molecule has 0 aliphatic carbocycles. The quantitative estimate of drug-likeness (QED) is 0.588. The van der Waals surface area contributed by atoms with Gasteiger partial charge in [0.2, 0.25) is 0 Å². The fourth-order valence-electron chi connectivity index (χ4n) is 1.95. The Morgan fingerprint density at radius 1 is 1.00 bits per heavy atom. The van der Waals surface area contributed by atoms with Crippen molar-refractivity contribution in [2.75, 3.05) is 0 Å². The summed E-state index contributed by atoms with van der Waals surface area (Å²) in [6.07, 6.45) is -4.89. The van der Waals surface area contributed by atoms with E-state index in [0.29, 0.717) is 6.07 Å². The van der Waals surface area contributed by atoms with E-state index >= 15 is 0 Å². The third-order valence-corrected chi connectivity index (χ3v) is 2.98. The molecule has 0 heterocycles. The minimum absolute atomic E-state index is 0.0466. The summed E-state index contributed by atoms with van der Waals surface area (Å²) >= 11 is 0. The van der Waals surface area contributed by atoms with Crippen molar-refractivity contribution in [3.8, 4) is 0 Å². The van der Waals surface area contributed by atoms with E-state index in [4.69, 9.17) is 0 Å². The SMILES string of the molecule is Cc1cc(F)ccc1C(=O)c1cccc(C(F)(F)F)c1F. The summed E-state index contributed by atoms with van der Waals surface area (Å²) in [4.78, 5) is 12.1. The summed E-state index contributed by atoms with van der Waals surface area (Å²) in [5.74, 6) is -3.14. The Hall–Kier alpha value is -2.24. The van der Waals surface area contributed by atoms with Gasteiger partial charge in [-0.25, -0.2) is 8.78 Å². The molecule has 0 saturated carbocycles. The molecule has 1 nitrogen and oxygen atoms in total. The van der Waals surface area contributed by atoms with Gasteiger partial charge in [0.05, 0.1) is 11.1 Å². The van der Waals surface area contributed by atoms with Crippen molar-refractivity contribution in [3.05, 3.63) is 70.3 Å². The predicted molar refractivity (Wildman–Crippen MR) is 66.0 cm³/mol. The zero-order valence-electron chi connectivity index (χ0n) is 10.8. The van der Waals surface area contributed by atoms with Gasteiger partial charge < -0.3 is 0 Å². The summed E-state index contributed by atoms with van der Waals surface area (Å²) in [5.41, 5.74) is -2.03. The van der Waals surface area contributed by atoms with Crippen LogP contribution in [0, 0.1) is 18.6 Å². The van der Waals surface area contributed by atoms with Crippen LogP contribution in [0.5, 0.6) is 0 Å². The molecule has 0 radical (unpaired) electrons. The Morgan fingerprint density at radius 3 is 2.24 bits per heavy atom. The first kappa shape index (κ1) is 15.2. The van der Waals surface area contributed by atoms with E-state index in [1.54, 1.807) is 0 Å². The maximum Gasteiger partial charge on any atom is 0.419 e. The van der Waals surface area contributed by atoms with Crippen molar-refractivity contribution in [2.24, 2.45) is 0 Å². The predicted octanol–water partition coefficient (Wildman–Crippen LogP) is 4.52. The summed E-state index contributed by atoms with van der Waals surface area (Å²) < 4.78 is 64.8. The van der Waals surface area contributed by atoms with E-state index < -0.39 is 34.7 Å². The summed E-state index contributed by atoms with van der Waals surface area (Å²) in [6, 6.07) is 5.65. The molecule has 0 N–H and O–H groups in total. The number of carbonyl (C=O) groups excluding carboxylic acids is 1. The fourth-order valence-corrected chi connectivity index (χ4v) is 1.95. The molecule has 0 amide bonds. The molecule has 110 valence electrons. The number of benzene rings is 2. The van der Waals surface area contributed by atoms with Crippen molar-refractivity contribution in [1.29, 1.82) is 0 Å². The van der Waals surface area contributed by atoms with Gasteiger partial charge in [0.1, 0.15) is 11.6 Å². The highest BCUT2D eigenvalue weighted by molar-refractivity contribution is 6.10. The lowest BCUT2D eigenvalue weighted by molar-refractivity contribution is -0.140. The number of rotatable bonds is 2. The lowest BCUT2D eigenvalue weighted by atomic mass is 9.97. The highest BCUT2D eigenvalue weighted by Gasteiger charge is 2.35. The Bertz CT molecular complexity index is 704. The third kappa shape index (κ3) is 2.94. The zero-order chi connectivity index (χ0) is 15.8. The number of ketones is 1. The second-order valence-electron chi connectivity index (χ2n) is 4.45. The Morgan fingerprint density at radius 2 is 1.67 bits per heavy atom. The van der Waals surface area contributed by atoms with Crippen LogP contribution in [0.4, 0.5) is 22.0 Å². The number of halogens is 5. The average Bonchev–Trinajstić information content (AvgIpc) is 2.37. The largest absolute Gasteiger partial charge is 0.419 e. The molecular formula is C15H9F5O. The van der Waals surface area contributed by atoms with E-state index in [1.165, 1.54) is 6.92 Å². The van der Waals surface area contributed by atoms with E-state index in [-0.39, 0.29) is 11.1 Å². The van der Waals surface area contributed by atoms with E-state index in [9.17, 15) is 26.7 Å². The minimum Gasteiger partial charge on any atom is -0.288 e. The van der Waals surface area contributed by atoms with Gasteiger partial charge in [-0.05, 0) is 42.8 Å². The third-order valence-electron chi connectivity index (χ3n) is 2.98. The van der Waals surface area contributed by atoms with Crippen molar-refractivity contribution in [2.45, 2.75) is 13.1 Å². The molecular weight excluding hydrogens is 291 g/mol. The molecule has 21 heavy (non-hydrogen) atoms. The highest BCUT2D eigenvalue weighted by atomic mass is 19.4. The molecule has 0 bridgehead atoms. The number of hydrogen-bond donors (Lipinski definition) is 0. The van der Waals surface area contributed by atoms with Crippen molar-refractivity contribution < 1.29 is 26.7 Å². The topological polar surface area (TPSA) is 17.1 Å². The normalized spacial score (nSPS) is 11.5. The second kappa shape index (κ2) is 5.27. The molecule has 0 unspecified atom stereocenters. The lowest BCUT2D eigenvalue weighted by Crippen LogP contribution is -2.13. The van der Waals surface area contributed by atoms with Gasteiger partial charge >= 0.3 is 6.18 Å². The van der Waals surface area contributed by atoms with Gasteiger partial charge in [-0.15, -0.1) is 0 Å². The molecule has 2 rings (SSSR count). The summed E-state index contributed by atoms with van der Waals surface area (Å²) in [5, 5.41) is 0. The van der Waals surface area contributed by atoms with Crippen LogP contribution in [-0.4, -0.2) is 5.78 Å². The number of hydrogen-bond acceptors (Lipinski definition) is 1. The van der Waals surface area contributed by atoms with Gasteiger partial charge in [0.15, 0.2) is 5.78 Å². The number of aryl methyl sites for hydroxylation is 1. The average molecular weight is 300 g/mol. The summed E-state index contributed by atoms with van der Waals surface area (Å²) in [6.45, 7) is 1.42. The van der Waals surface area contributed by atoms with E-state index in [2.05, 4.69) is 0 Å². The molecule has 0 aliphatic rings. The van der Waals surface area contributed by atoms with Crippen LogP contribution in [-0.2, 0) is 6.18 Å². The lowest BCUT2D eigenvalue weighted by Gasteiger charge is -2.11. The second-order valence-corrected chi connectivity index (χ2v) is 4.45. The summed E-state index contributed by atoms with van der Waals surface area (Å²) in [7, 11) is 0. The van der Waals surface area contributed by atoms with Crippen LogP contribution < -0.4 is 0 Å². The van der Waals surface area contributed by atoms with E-state index in [1.807, 2.05) is 0 Å². The maximum absolute atomic E-state index is 13.9. The first-order chi connectivity index (χ1) is 9.71. The molecule has 0 saturated heterocycles. The van der Waals surface area contributed by atoms with Crippen LogP contribution in [0.1, 0.15) is 27.0 Å². The number of alkyl halides is 3. The molecule has 6 heteroatoms. The first-order valence-electron chi connectivity index (χ1n) is 5.88. The van der Waals surface area contributed by atoms with Gasteiger partial charge in [-0.1, -0.05) is 6.07 Å². The Kier molecular flexibility index (Phi) is 3.80. The maximum atomic E-state index is 13.9. The van der Waals surface area contributed by atoms with Gasteiger partial charge in [-0.3, -0.25) is 4.79 Å². The zero-order valence-corrected chi connectivity index (χ0v) is 10.8.